The van der Waals surface area contributed by atoms with Crippen LogP contribution in [-0.4, -0.2) is 24.8 Å². The van der Waals surface area contributed by atoms with Crippen LogP contribution in [0.5, 0.6) is 0 Å². The Hall–Kier alpha value is -0.410. The lowest BCUT2D eigenvalue weighted by Gasteiger charge is -2.30. The fourth-order valence-corrected chi connectivity index (χ4v) is 1.44. The molecule has 0 unspecified atom stereocenters. The SMILES string of the molecule is CCC(=O)C1(C)OCCCCCO1. The molecule has 76 valence electrons. The maximum atomic E-state index is 11.5. The van der Waals surface area contributed by atoms with Gasteiger partial charge in [0, 0.05) is 6.42 Å². The molecule has 0 saturated carbocycles. The van der Waals surface area contributed by atoms with Crippen molar-refractivity contribution >= 4 is 5.78 Å². The average molecular weight is 186 g/mol. The van der Waals surface area contributed by atoms with Gasteiger partial charge in [-0.1, -0.05) is 6.92 Å². The Bertz CT molecular complexity index is 169. The van der Waals surface area contributed by atoms with Gasteiger partial charge in [-0.05, 0) is 26.2 Å². The second-order valence-corrected chi connectivity index (χ2v) is 3.48. The monoisotopic (exact) mass is 186 g/mol. The zero-order chi connectivity index (χ0) is 9.73. The number of ether oxygens (including phenoxy) is 2. The van der Waals surface area contributed by atoms with Crippen molar-refractivity contribution in [1.82, 2.24) is 0 Å². The third-order valence-corrected chi connectivity index (χ3v) is 2.37. The van der Waals surface area contributed by atoms with Gasteiger partial charge in [-0.2, -0.15) is 0 Å². The van der Waals surface area contributed by atoms with Crippen LogP contribution in [-0.2, 0) is 14.3 Å². The van der Waals surface area contributed by atoms with Crippen LogP contribution >= 0.6 is 0 Å². The lowest BCUT2D eigenvalue weighted by molar-refractivity contribution is -0.225. The molecule has 0 aromatic carbocycles. The van der Waals surface area contributed by atoms with Crippen molar-refractivity contribution < 1.29 is 14.3 Å². The number of Topliss-reactive ketones (excluding diaryl/α,β-unsaturated/α-hetero) is 1. The summed E-state index contributed by atoms with van der Waals surface area (Å²) in [5.74, 6) is -0.941. The number of carbonyl (C=O) groups excluding carboxylic acids is 1. The van der Waals surface area contributed by atoms with Crippen LogP contribution in [0, 0.1) is 0 Å². The lowest BCUT2D eigenvalue weighted by Crippen LogP contribution is -2.42. The van der Waals surface area contributed by atoms with E-state index in [4.69, 9.17) is 9.47 Å². The van der Waals surface area contributed by atoms with Gasteiger partial charge in [0.1, 0.15) is 0 Å². The fraction of sp³-hybridized carbons (Fsp3) is 0.900. The Morgan fingerprint density at radius 3 is 2.23 bits per heavy atom. The molecule has 0 spiro atoms. The third kappa shape index (κ3) is 2.78. The van der Waals surface area contributed by atoms with Crippen LogP contribution < -0.4 is 0 Å². The van der Waals surface area contributed by atoms with Gasteiger partial charge in [0.15, 0.2) is 5.78 Å². The van der Waals surface area contributed by atoms with Crippen molar-refractivity contribution in [2.75, 3.05) is 13.2 Å². The van der Waals surface area contributed by atoms with E-state index in [0.29, 0.717) is 19.6 Å². The third-order valence-electron chi connectivity index (χ3n) is 2.37. The van der Waals surface area contributed by atoms with E-state index in [-0.39, 0.29) is 5.78 Å². The molecule has 0 bridgehead atoms. The van der Waals surface area contributed by atoms with Crippen LogP contribution in [0.1, 0.15) is 39.5 Å². The zero-order valence-corrected chi connectivity index (χ0v) is 8.47. The Morgan fingerprint density at radius 2 is 1.77 bits per heavy atom. The van der Waals surface area contributed by atoms with E-state index in [1.54, 1.807) is 6.92 Å². The first kappa shape index (κ1) is 10.7. The standard InChI is InChI=1S/C10H18O3/c1-3-9(11)10(2)12-7-5-4-6-8-13-10/h3-8H2,1-2H3. The van der Waals surface area contributed by atoms with Crippen molar-refractivity contribution in [1.29, 1.82) is 0 Å². The van der Waals surface area contributed by atoms with Gasteiger partial charge in [-0.25, -0.2) is 0 Å². The molecule has 3 nitrogen and oxygen atoms in total. The second-order valence-electron chi connectivity index (χ2n) is 3.48. The maximum Gasteiger partial charge on any atom is 0.225 e. The number of hydrogen-bond donors (Lipinski definition) is 0. The number of hydrogen-bond acceptors (Lipinski definition) is 3. The number of ketones is 1. The van der Waals surface area contributed by atoms with Gasteiger partial charge in [0.25, 0.3) is 0 Å². The number of rotatable bonds is 2. The molecule has 13 heavy (non-hydrogen) atoms. The van der Waals surface area contributed by atoms with Crippen LogP contribution in [0.3, 0.4) is 0 Å². The van der Waals surface area contributed by atoms with E-state index in [0.717, 1.165) is 19.3 Å². The minimum absolute atomic E-state index is 0.0365. The van der Waals surface area contributed by atoms with Gasteiger partial charge in [0.2, 0.25) is 5.79 Å². The van der Waals surface area contributed by atoms with E-state index in [1.807, 2.05) is 6.92 Å². The Balaban J connectivity index is 2.56. The molecular weight excluding hydrogens is 168 g/mol. The Kier molecular flexibility index (Phi) is 3.88. The highest BCUT2D eigenvalue weighted by molar-refractivity contribution is 5.85. The molecule has 1 heterocycles. The molecule has 1 rings (SSSR count). The van der Waals surface area contributed by atoms with Gasteiger partial charge in [-0.3, -0.25) is 4.79 Å². The highest BCUT2D eigenvalue weighted by Crippen LogP contribution is 2.19. The normalized spacial score (nSPS) is 23.2. The molecule has 0 amide bonds. The van der Waals surface area contributed by atoms with Crippen LogP contribution in [0.15, 0.2) is 0 Å². The Labute approximate surface area is 79.4 Å². The molecule has 0 aromatic heterocycles. The zero-order valence-electron chi connectivity index (χ0n) is 8.47. The molecule has 0 N–H and O–H groups in total. The van der Waals surface area contributed by atoms with E-state index >= 15 is 0 Å². The number of carbonyl (C=O) groups is 1. The molecule has 0 aliphatic carbocycles. The fourth-order valence-electron chi connectivity index (χ4n) is 1.44. The van der Waals surface area contributed by atoms with Crippen molar-refractivity contribution in [3.05, 3.63) is 0 Å². The summed E-state index contributed by atoms with van der Waals surface area (Å²) in [4.78, 5) is 11.5. The topological polar surface area (TPSA) is 35.5 Å². The molecule has 0 radical (unpaired) electrons. The van der Waals surface area contributed by atoms with E-state index in [2.05, 4.69) is 0 Å². The molecule has 1 aliphatic heterocycles. The minimum atomic E-state index is -0.977. The van der Waals surface area contributed by atoms with Crippen LogP contribution in [0.4, 0.5) is 0 Å². The van der Waals surface area contributed by atoms with Gasteiger partial charge in [-0.15, -0.1) is 0 Å². The quantitative estimate of drug-likeness (QED) is 0.660. The van der Waals surface area contributed by atoms with Crippen LogP contribution in [0.2, 0.25) is 0 Å². The van der Waals surface area contributed by atoms with E-state index in [1.165, 1.54) is 0 Å². The first-order chi connectivity index (χ1) is 6.19. The summed E-state index contributed by atoms with van der Waals surface area (Å²) in [6.07, 6.45) is 3.64. The van der Waals surface area contributed by atoms with E-state index < -0.39 is 5.79 Å². The molecule has 0 aromatic rings. The van der Waals surface area contributed by atoms with Crippen molar-refractivity contribution in [2.45, 2.75) is 45.3 Å². The highest BCUT2D eigenvalue weighted by Gasteiger charge is 2.34. The maximum absolute atomic E-state index is 11.5. The summed E-state index contributed by atoms with van der Waals surface area (Å²) >= 11 is 0. The average Bonchev–Trinajstić information content (AvgIpc) is 2.10. The predicted molar refractivity (Wildman–Crippen MR) is 49.5 cm³/mol. The predicted octanol–water partition coefficient (Wildman–Crippen LogP) is 1.90. The van der Waals surface area contributed by atoms with E-state index in [9.17, 15) is 4.79 Å². The molecule has 1 saturated heterocycles. The van der Waals surface area contributed by atoms with Crippen molar-refractivity contribution in [3.8, 4) is 0 Å². The Morgan fingerprint density at radius 1 is 1.23 bits per heavy atom. The smallest absolute Gasteiger partial charge is 0.225 e. The first-order valence-corrected chi connectivity index (χ1v) is 5.00. The molecule has 3 heteroatoms. The lowest BCUT2D eigenvalue weighted by atomic mass is 10.1. The largest absolute Gasteiger partial charge is 0.344 e. The van der Waals surface area contributed by atoms with Gasteiger partial charge < -0.3 is 9.47 Å². The summed E-state index contributed by atoms with van der Waals surface area (Å²) in [6.45, 7) is 4.81. The summed E-state index contributed by atoms with van der Waals surface area (Å²) in [6, 6.07) is 0. The van der Waals surface area contributed by atoms with Gasteiger partial charge in [0.05, 0.1) is 13.2 Å². The molecule has 1 fully saturated rings. The molecule has 1 aliphatic rings. The summed E-state index contributed by atoms with van der Waals surface area (Å²) < 4.78 is 10.9. The minimum Gasteiger partial charge on any atom is -0.344 e. The van der Waals surface area contributed by atoms with Crippen molar-refractivity contribution in [3.63, 3.8) is 0 Å². The second kappa shape index (κ2) is 4.72. The summed E-state index contributed by atoms with van der Waals surface area (Å²) in [5.41, 5.74) is 0. The summed E-state index contributed by atoms with van der Waals surface area (Å²) in [5, 5.41) is 0. The van der Waals surface area contributed by atoms with Crippen LogP contribution in [0.25, 0.3) is 0 Å². The van der Waals surface area contributed by atoms with Gasteiger partial charge >= 0.3 is 0 Å². The van der Waals surface area contributed by atoms with Crippen molar-refractivity contribution in [2.24, 2.45) is 0 Å². The first-order valence-electron chi connectivity index (χ1n) is 5.00. The molecular formula is C10H18O3. The summed E-state index contributed by atoms with van der Waals surface area (Å²) in [7, 11) is 0. The molecule has 0 atom stereocenters. The highest BCUT2D eigenvalue weighted by atomic mass is 16.7.